The normalized spacial score (nSPS) is 11.6. The predicted molar refractivity (Wildman–Crippen MR) is 74.9 cm³/mol. The van der Waals surface area contributed by atoms with Crippen LogP contribution in [0.2, 0.25) is 5.02 Å². The molecule has 0 saturated heterocycles. The third-order valence-corrected chi connectivity index (χ3v) is 3.83. The zero-order chi connectivity index (χ0) is 15.8. The van der Waals surface area contributed by atoms with Gasteiger partial charge in [0.05, 0.1) is 18.0 Å². The molecule has 3 N–H and O–H groups in total. The molecule has 0 bridgehead atoms. The van der Waals surface area contributed by atoms with Gasteiger partial charge in [-0.2, -0.15) is 17.8 Å². The van der Waals surface area contributed by atoms with Crippen LogP contribution < -0.4 is 9.86 Å². The molecule has 2 rings (SSSR count). The van der Waals surface area contributed by atoms with Gasteiger partial charge in [0.2, 0.25) is 0 Å². The van der Waals surface area contributed by atoms with Crippen LogP contribution in [0.3, 0.4) is 0 Å². The molecule has 0 aromatic carbocycles. The summed E-state index contributed by atoms with van der Waals surface area (Å²) in [6.07, 6.45) is 1.29. The number of anilines is 2. The van der Waals surface area contributed by atoms with Gasteiger partial charge in [-0.1, -0.05) is 11.6 Å². The fourth-order valence-electron chi connectivity index (χ4n) is 1.64. The number of aromatic nitrogens is 3. The fourth-order valence-corrected chi connectivity index (χ4v) is 2.71. The van der Waals surface area contributed by atoms with Crippen molar-refractivity contribution in [2.75, 3.05) is 4.31 Å². The van der Waals surface area contributed by atoms with E-state index in [0.717, 1.165) is 4.57 Å². The van der Waals surface area contributed by atoms with E-state index in [1.54, 1.807) is 0 Å². The van der Waals surface area contributed by atoms with Crippen molar-refractivity contribution < 1.29 is 18.1 Å². The third kappa shape index (κ3) is 2.93. The Labute approximate surface area is 124 Å². The molecule has 0 atom stereocenters. The highest BCUT2D eigenvalue weighted by molar-refractivity contribution is 7.87. The minimum Gasteiger partial charge on any atom is -0.390 e. The molecule has 9 nitrogen and oxygen atoms in total. The number of aliphatic hydroxyl groups is 1. The summed E-state index contributed by atoms with van der Waals surface area (Å²) in [5.74, 6) is -0.239. The standard InChI is InChI=1S/C10H11ClN4O5S/c1-14-3-2-7(9(11)10(14)17)15(21(18,19)20)8-4-6(5-16)12-13-8/h2-4,16H,5H2,1H3,(H,12,13)(H,18,19,20). The van der Waals surface area contributed by atoms with Gasteiger partial charge in [0.15, 0.2) is 5.82 Å². The van der Waals surface area contributed by atoms with E-state index in [0.29, 0.717) is 4.31 Å². The summed E-state index contributed by atoms with van der Waals surface area (Å²) in [6.45, 7) is -0.406. The quantitative estimate of drug-likeness (QED) is 0.685. The lowest BCUT2D eigenvalue weighted by molar-refractivity contribution is 0.276. The van der Waals surface area contributed by atoms with Crippen molar-refractivity contribution in [3.05, 3.63) is 39.4 Å². The number of H-pyrrole nitrogens is 1. The van der Waals surface area contributed by atoms with Crippen LogP contribution in [0.5, 0.6) is 0 Å². The van der Waals surface area contributed by atoms with E-state index in [2.05, 4.69) is 10.2 Å². The van der Waals surface area contributed by atoms with Crippen molar-refractivity contribution in [1.82, 2.24) is 14.8 Å². The van der Waals surface area contributed by atoms with Crippen molar-refractivity contribution in [2.24, 2.45) is 7.05 Å². The van der Waals surface area contributed by atoms with Gasteiger partial charge in [-0.15, -0.1) is 0 Å². The van der Waals surface area contributed by atoms with E-state index in [1.165, 1.54) is 25.4 Å². The Morgan fingerprint density at radius 1 is 1.52 bits per heavy atom. The van der Waals surface area contributed by atoms with Crippen molar-refractivity contribution in [3.63, 3.8) is 0 Å². The number of halogens is 1. The van der Waals surface area contributed by atoms with Crippen LogP contribution in [-0.4, -0.2) is 32.8 Å². The van der Waals surface area contributed by atoms with Crippen LogP contribution in [0.25, 0.3) is 0 Å². The summed E-state index contributed by atoms with van der Waals surface area (Å²) >= 11 is 5.85. The van der Waals surface area contributed by atoms with Crippen LogP contribution >= 0.6 is 11.6 Å². The molecular formula is C10H11ClN4O5S. The number of rotatable bonds is 4. The molecule has 0 aliphatic heterocycles. The minimum atomic E-state index is -4.78. The average Bonchev–Trinajstić information content (AvgIpc) is 2.86. The molecule has 2 heterocycles. The second-order valence-electron chi connectivity index (χ2n) is 4.08. The molecule has 0 aliphatic rings. The SMILES string of the molecule is Cn1ccc(N(c2cc(CO)[nH]n2)S(=O)(=O)O)c(Cl)c1=O. The molecule has 2 aromatic heterocycles. The topological polar surface area (TPSA) is 129 Å². The summed E-state index contributed by atoms with van der Waals surface area (Å²) in [5, 5.41) is 14.6. The van der Waals surface area contributed by atoms with E-state index in [1.807, 2.05) is 0 Å². The summed E-state index contributed by atoms with van der Waals surface area (Å²) in [6, 6.07) is 2.44. The molecule has 0 unspecified atom stereocenters. The zero-order valence-electron chi connectivity index (χ0n) is 10.7. The third-order valence-electron chi connectivity index (χ3n) is 2.63. The Hall–Kier alpha value is -1.88. The molecule has 0 amide bonds. The molecule has 0 spiro atoms. The first-order chi connectivity index (χ1) is 9.75. The largest absolute Gasteiger partial charge is 0.390 e. The lowest BCUT2D eigenvalue weighted by atomic mass is 10.3. The van der Waals surface area contributed by atoms with Gasteiger partial charge in [-0.25, -0.2) is 0 Å². The van der Waals surface area contributed by atoms with Crippen LogP contribution in [0.4, 0.5) is 11.5 Å². The first-order valence-corrected chi connectivity index (χ1v) is 7.31. The molecule has 0 fully saturated rings. The first kappa shape index (κ1) is 15.5. The fraction of sp³-hybridized carbons (Fsp3) is 0.200. The van der Waals surface area contributed by atoms with E-state index in [9.17, 15) is 17.8 Å². The molecule has 21 heavy (non-hydrogen) atoms. The maximum atomic E-state index is 11.8. The number of nitrogens with one attached hydrogen (secondary N) is 1. The van der Waals surface area contributed by atoms with Crippen molar-refractivity contribution in [2.45, 2.75) is 6.61 Å². The molecular weight excluding hydrogens is 324 g/mol. The van der Waals surface area contributed by atoms with E-state index in [-0.39, 0.29) is 17.2 Å². The minimum absolute atomic E-state index is 0.221. The lowest BCUT2D eigenvalue weighted by Crippen LogP contribution is -2.28. The number of aromatic amines is 1. The van der Waals surface area contributed by atoms with Crippen LogP contribution in [0, 0.1) is 0 Å². The number of hydrogen-bond acceptors (Lipinski definition) is 5. The predicted octanol–water partition coefficient (Wildman–Crippen LogP) is 0.195. The summed E-state index contributed by atoms with van der Waals surface area (Å²) < 4.78 is 34.1. The first-order valence-electron chi connectivity index (χ1n) is 5.53. The maximum Gasteiger partial charge on any atom is 0.365 e. The van der Waals surface area contributed by atoms with Crippen molar-refractivity contribution in [3.8, 4) is 0 Å². The number of aryl methyl sites for hydroxylation is 1. The van der Waals surface area contributed by atoms with Crippen LogP contribution in [-0.2, 0) is 24.0 Å². The highest BCUT2D eigenvalue weighted by Gasteiger charge is 2.27. The number of nitrogens with zero attached hydrogens (tertiary/aromatic N) is 3. The summed E-state index contributed by atoms with van der Waals surface area (Å²) in [7, 11) is -3.34. The number of hydrogen-bond donors (Lipinski definition) is 3. The highest BCUT2D eigenvalue weighted by atomic mass is 35.5. The average molecular weight is 335 g/mol. The Kier molecular flexibility index (Phi) is 4.05. The van der Waals surface area contributed by atoms with Gasteiger partial charge in [0.1, 0.15) is 5.02 Å². The van der Waals surface area contributed by atoms with E-state index in [4.69, 9.17) is 16.7 Å². The Balaban J connectivity index is 2.68. The second kappa shape index (κ2) is 5.48. The van der Waals surface area contributed by atoms with E-state index < -0.39 is 27.5 Å². The van der Waals surface area contributed by atoms with Gasteiger partial charge >= 0.3 is 10.3 Å². The molecule has 0 radical (unpaired) electrons. The monoisotopic (exact) mass is 334 g/mol. The van der Waals surface area contributed by atoms with Crippen LogP contribution in [0.1, 0.15) is 5.69 Å². The molecule has 114 valence electrons. The van der Waals surface area contributed by atoms with Gasteiger partial charge < -0.3 is 9.67 Å². The number of aliphatic hydroxyl groups excluding tert-OH is 1. The van der Waals surface area contributed by atoms with Gasteiger partial charge in [0.25, 0.3) is 5.56 Å². The van der Waals surface area contributed by atoms with Crippen molar-refractivity contribution >= 4 is 33.4 Å². The van der Waals surface area contributed by atoms with Crippen molar-refractivity contribution in [1.29, 1.82) is 0 Å². The Morgan fingerprint density at radius 3 is 2.71 bits per heavy atom. The summed E-state index contributed by atoms with van der Waals surface area (Å²) in [5.41, 5.74) is -0.669. The zero-order valence-corrected chi connectivity index (χ0v) is 12.3. The Morgan fingerprint density at radius 2 is 2.19 bits per heavy atom. The van der Waals surface area contributed by atoms with Gasteiger partial charge in [-0.05, 0) is 6.07 Å². The molecule has 11 heteroatoms. The molecule has 0 saturated carbocycles. The van der Waals surface area contributed by atoms with Gasteiger partial charge in [0, 0.05) is 19.3 Å². The highest BCUT2D eigenvalue weighted by Crippen LogP contribution is 2.31. The Bertz CT molecular complexity index is 828. The van der Waals surface area contributed by atoms with Gasteiger partial charge in [-0.3, -0.25) is 14.4 Å². The second-order valence-corrected chi connectivity index (χ2v) is 5.72. The molecule has 2 aromatic rings. The maximum absolute atomic E-state index is 11.8. The van der Waals surface area contributed by atoms with Crippen LogP contribution in [0.15, 0.2) is 23.1 Å². The van der Waals surface area contributed by atoms with E-state index >= 15 is 0 Å². The number of pyridine rings is 1. The summed E-state index contributed by atoms with van der Waals surface area (Å²) in [4.78, 5) is 11.8. The smallest absolute Gasteiger partial charge is 0.365 e. The lowest BCUT2D eigenvalue weighted by Gasteiger charge is -2.19. The molecule has 0 aliphatic carbocycles.